The van der Waals surface area contributed by atoms with Gasteiger partial charge in [0.15, 0.2) is 0 Å². The first-order chi connectivity index (χ1) is 14.3. The molecule has 1 aliphatic carbocycles. The number of nitrogens with two attached hydrogens (primary N) is 1. The molecule has 6 rings (SSSR count). The second-order valence-corrected chi connectivity index (χ2v) is 7.74. The molecule has 0 spiro atoms. The SMILES string of the molecule is Nc1cccc2cnccc12.c1ccc2c(c1)ccc1c3c(ccc12)CCCC3. The third-order valence-corrected chi connectivity index (χ3v) is 5.97. The van der Waals surface area contributed by atoms with E-state index in [2.05, 4.69) is 53.5 Å². The minimum atomic E-state index is 0.810. The lowest BCUT2D eigenvalue weighted by Crippen LogP contribution is -2.02. The van der Waals surface area contributed by atoms with Gasteiger partial charge < -0.3 is 5.73 Å². The van der Waals surface area contributed by atoms with Gasteiger partial charge in [-0.3, -0.25) is 4.98 Å². The molecule has 0 aliphatic heterocycles. The molecule has 29 heavy (non-hydrogen) atoms. The molecule has 1 heterocycles. The molecular weight excluding hydrogens is 352 g/mol. The van der Waals surface area contributed by atoms with Crippen molar-refractivity contribution in [3.05, 3.63) is 96.3 Å². The molecular formula is C27H24N2. The smallest absolute Gasteiger partial charge is 0.0394 e. The molecule has 142 valence electrons. The van der Waals surface area contributed by atoms with E-state index in [1.165, 1.54) is 47.2 Å². The maximum absolute atomic E-state index is 5.73. The van der Waals surface area contributed by atoms with Crippen LogP contribution in [0.4, 0.5) is 5.69 Å². The van der Waals surface area contributed by atoms with Crippen molar-refractivity contribution in [3.8, 4) is 0 Å². The Balaban J connectivity index is 0.000000142. The Bertz CT molecular complexity index is 1320. The highest BCUT2D eigenvalue weighted by atomic mass is 14.6. The second-order valence-electron chi connectivity index (χ2n) is 7.74. The highest BCUT2D eigenvalue weighted by molar-refractivity contribution is 6.08. The fourth-order valence-electron chi connectivity index (χ4n) is 4.49. The molecule has 2 N–H and O–H groups in total. The summed E-state index contributed by atoms with van der Waals surface area (Å²) in [5.74, 6) is 0. The normalized spacial score (nSPS) is 13.1. The molecule has 0 saturated heterocycles. The molecule has 0 saturated carbocycles. The van der Waals surface area contributed by atoms with Crippen LogP contribution in [-0.4, -0.2) is 4.98 Å². The Kier molecular flexibility index (Phi) is 4.61. The predicted octanol–water partition coefficient (Wildman–Crippen LogP) is 6.69. The average Bonchev–Trinajstić information content (AvgIpc) is 2.79. The zero-order valence-electron chi connectivity index (χ0n) is 16.4. The number of aryl methyl sites for hydroxylation is 2. The van der Waals surface area contributed by atoms with Crippen molar-refractivity contribution in [1.29, 1.82) is 0 Å². The Hall–Kier alpha value is -3.39. The lowest BCUT2D eigenvalue weighted by molar-refractivity contribution is 0.690. The Morgan fingerprint density at radius 1 is 0.621 bits per heavy atom. The number of rotatable bonds is 0. The van der Waals surface area contributed by atoms with Gasteiger partial charge in [-0.15, -0.1) is 0 Å². The van der Waals surface area contributed by atoms with Gasteiger partial charge in [0, 0.05) is 28.9 Å². The first-order valence-corrected chi connectivity index (χ1v) is 10.3. The van der Waals surface area contributed by atoms with E-state index in [-0.39, 0.29) is 0 Å². The summed E-state index contributed by atoms with van der Waals surface area (Å²) in [7, 11) is 0. The number of aromatic nitrogens is 1. The van der Waals surface area contributed by atoms with E-state index in [9.17, 15) is 0 Å². The largest absolute Gasteiger partial charge is 0.398 e. The van der Waals surface area contributed by atoms with Crippen molar-refractivity contribution in [2.45, 2.75) is 25.7 Å². The van der Waals surface area contributed by atoms with E-state index in [0.29, 0.717) is 0 Å². The molecule has 0 unspecified atom stereocenters. The Morgan fingerprint density at radius 3 is 2.38 bits per heavy atom. The quantitative estimate of drug-likeness (QED) is 0.241. The third-order valence-electron chi connectivity index (χ3n) is 5.97. The lowest BCUT2D eigenvalue weighted by Gasteiger charge is -2.18. The fourth-order valence-corrected chi connectivity index (χ4v) is 4.49. The minimum absolute atomic E-state index is 0.810. The number of nitrogens with zero attached hydrogens (tertiary/aromatic N) is 1. The maximum Gasteiger partial charge on any atom is 0.0394 e. The van der Waals surface area contributed by atoms with E-state index in [4.69, 9.17) is 5.73 Å². The molecule has 0 fully saturated rings. The summed E-state index contributed by atoms with van der Waals surface area (Å²) >= 11 is 0. The molecule has 1 aromatic heterocycles. The first-order valence-electron chi connectivity index (χ1n) is 10.3. The van der Waals surface area contributed by atoms with Crippen molar-refractivity contribution in [2.24, 2.45) is 0 Å². The Morgan fingerprint density at radius 2 is 1.45 bits per heavy atom. The Labute approximate surface area is 171 Å². The van der Waals surface area contributed by atoms with E-state index < -0.39 is 0 Å². The van der Waals surface area contributed by atoms with Crippen molar-refractivity contribution in [1.82, 2.24) is 4.98 Å². The molecule has 0 atom stereocenters. The predicted molar refractivity (Wildman–Crippen MR) is 124 cm³/mol. The highest BCUT2D eigenvalue weighted by Gasteiger charge is 2.13. The van der Waals surface area contributed by atoms with Gasteiger partial charge in [-0.2, -0.15) is 0 Å². The van der Waals surface area contributed by atoms with Gasteiger partial charge in [0.05, 0.1) is 0 Å². The summed E-state index contributed by atoms with van der Waals surface area (Å²) < 4.78 is 0. The van der Waals surface area contributed by atoms with Gasteiger partial charge >= 0.3 is 0 Å². The summed E-state index contributed by atoms with van der Waals surface area (Å²) in [6, 6.07) is 25.7. The molecule has 0 radical (unpaired) electrons. The van der Waals surface area contributed by atoms with Gasteiger partial charge in [0.25, 0.3) is 0 Å². The zero-order valence-corrected chi connectivity index (χ0v) is 16.4. The van der Waals surface area contributed by atoms with Crippen molar-refractivity contribution >= 4 is 38.0 Å². The molecule has 2 heteroatoms. The summed E-state index contributed by atoms with van der Waals surface area (Å²) in [5, 5.41) is 7.80. The molecule has 0 bridgehead atoms. The first kappa shape index (κ1) is 17.7. The summed E-state index contributed by atoms with van der Waals surface area (Å²) in [6.45, 7) is 0. The van der Waals surface area contributed by atoms with E-state index in [0.717, 1.165) is 16.5 Å². The zero-order chi connectivity index (χ0) is 19.6. The van der Waals surface area contributed by atoms with Crippen molar-refractivity contribution in [2.75, 3.05) is 5.73 Å². The number of pyridine rings is 1. The van der Waals surface area contributed by atoms with Gasteiger partial charge in [-0.1, -0.05) is 60.7 Å². The molecule has 5 aromatic rings. The summed E-state index contributed by atoms with van der Waals surface area (Å²) in [5.41, 5.74) is 9.71. The number of anilines is 1. The summed E-state index contributed by atoms with van der Waals surface area (Å²) in [4.78, 5) is 4.00. The number of fused-ring (bicyclic) bond motifs is 6. The van der Waals surface area contributed by atoms with Crippen LogP contribution in [0.5, 0.6) is 0 Å². The van der Waals surface area contributed by atoms with Gasteiger partial charge in [0.2, 0.25) is 0 Å². The average molecular weight is 377 g/mol. The van der Waals surface area contributed by atoms with E-state index in [1.807, 2.05) is 30.5 Å². The standard InChI is InChI=1S/C18H16.C9H8N2/c1-3-7-15-13(5-1)9-11-18-16-8-4-2-6-14(16)10-12-17(15)18;10-9-3-1-2-7-6-11-5-4-8(7)9/h1,3,5,7,9-12H,2,4,6,8H2;1-6H,10H2. The molecule has 4 aromatic carbocycles. The topological polar surface area (TPSA) is 38.9 Å². The van der Waals surface area contributed by atoms with Crippen LogP contribution in [0, 0.1) is 0 Å². The minimum Gasteiger partial charge on any atom is -0.398 e. The third kappa shape index (κ3) is 3.31. The van der Waals surface area contributed by atoms with Crippen LogP contribution in [0.1, 0.15) is 24.0 Å². The highest BCUT2D eigenvalue weighted by Crippen LogP contribution is 2.33. The van der Waals surface area contributed by atoms with Crippen LogP contribution >= 0.6 is 0 Å². The van der Waals surface area contributed by atoms with Crippen LogP contribution in [-0.2, 0) is 12.8 Å². The monoisotopic (exact) mass is 376 g/mol. The fraction of sp³-hybridized carbons (Fsp3) is 0.148. The number of hydrogen-bond acceptors (Lipinski definition) is 2. The number of hydrogen-bond donors (Lipinski definition) is 1. The van der Waals surface area contributed by atoms with Gasteiger partial charge in [-0.05, 0) is 70.5 Å². The van der Waals surface area contributed by atoms with Crippen LogP contribution < -0.4 is 5.73 Å². The van der Waals surface area contributed by atoms with Crippen LogP contribution in [0.25, 0.3) is 32.3 Å². The molecule has 2 nitrogen and oxygen atoms in total. The van der Waals surface area contributed by atoms with Crippen molar-refractivity contribution < 1.29 is 0 Å². The van der Waals surface area contributed by atoms with Crippen LogP contribution in [0.2, 0.25) is 0 Å². The van der Waals surface area contributed by atoms with Crippen LogP contribution in [0.15, 0.2) is 85.2 Å². The van der Waals surface area contributed by atoms with E-state index in [1.54, 1.807) is 17.3 Å². The maximum atomic E-state index is 5.73. The van der Waals surface area contributed by atoms with E-state index >= 15 is 0 Å². The lowest BCUT2D eigenvalue weighted by atomic mass is 9.86. The second kappa shape index (κ2) is 7.56. The van der Waals surface area contributed by atoms with Gasteiger partial charge in [-0.25, -0.2) is 0 Å². The molecule has 1 aliphatic rings. The van der Waals surface area contributed by atoms with Crippen LogP contribution in [0.3, 0.4) is 0 Å². The summed E-state index contributed by atoms with van der Waals surface area (Å²) in [6.07, 6.45) is 8.78. The molecule has 0 amide bonds. The number of benzene rings is 4. The van der Waals surface area contributed by atoms with Gasteiger partial charge in [0.1, 0.15) is 0 Å². The van der Waals surface area contributed by atoms with Crippen molar-refractivity contribution in [3.63, 3.8) is 0 Å². The number of nitrogen functional groups attached to an aromatic ring is 1.